The highest BCUT2D eigenvalue weighted by atomic mass is 35.5. The van der Waals surface area contributed by atoms with Gasteiger partial charge < -0.3 is 5.73 Å². The van der Waals surface area contributed by atoms with Crippen LogP contribution in [0.25, 0.3) is 0 Å². The molecule has 16 heavy (non-hydrogen) atoms. The average Bonchev–Trinajstić information content (AvgIpc) is 2.16. The molecule has 0 aliphatic heterocycles. The molecule has 0 unspecified atom stereocenters. The predicted molar refractivity (Wildman–Crippen MR) is 58.2 cm³/mol. The van der Waals surface area contributed by atoms with Crippen molar-refractivity contribution in [2.45, 2.75) is 18.6 Å². The SMILES string of the molecule is C=CC[C@H](N)c1cccc(C(F)(F)F)c1Cl. The molecular weight excluding hydrogens is 239 g/mol. The summed E-state index contributed by atoms with van der Waals surface area (Å²) in [5.41, 5.74) is 5.13. The second kappa shape index (κ2) is 4.89. The summed E-state index contributed by atoms with van der Waals surface area (Å²) in [6.45, 7) is 3.48. The van der Waals surface area contributed by atoms with E-state index in [4.69, 9.17) is 17.3 Å². The maximum Gasteiger partial charge on any atom is 0.417 e. The monoisotopic (exact) mass is 249 g/mol. The number of hydrogen-bond donors (Lipinski definition) is 1. The van der Waals surface area contributed by atoms with Crippen molar-refractivity contribution in [3.8, 4) is 0 Å². The molecule has 0 saturated heterocycles. The van der Waals surface area contributed by atoms with Crippen LogP contribution in [-0.2, 0) is 6.18 Å². The second-order valence-electron chi connectivity index (χ2n) is 3.34. The van der Waals surface area contributed by atoms with Crippen LogP contribution in [0.2, 0.25) is 5.02 Å². The van der Waals surface area contributed by atoms with Crippen LogP contribution in [0.4, 0.5) is 13.2 Å². The van der Waals surface area contributed by atoms with E-state index >= 15 is 0 Å². The molecule has 1 nitrogen and oxygen atoms in total. The third-order valence-electron chi connectivity index (χ3n) is 2.15. The Morgan fingerprint density at radius 1 is 1.44 bits per heavy atom. The van der Waals surface area contributed by atoms with E-state index in [0.29, 0.717) is 6.42 Å². The second-order valence-corrected chi connectivity index (χ2v) is 3.72. The number of halogens is 4. The zero-order valence-corrected chi connectivity index (χ0v) is 9.15. The van der Waals surface area contributed by atoms with Gasteiger partial charge in [-0.2, -0.15) is 13.2 Å². The number of nitrogens with two attached hydrogens (primary N) is 1. The van der Waals surface area contributed by atoms with Crippen molar-refractivity contribution >= 4 is 11.6 Å². The smallest absolute Gasteiger partial charge is 0.324 e. The van der Waals surface area contributed by atoms with Crippen LogP contribution in [-0.4, -0.2) is 0 Å². The van der Waals surface area contributed by atoms with E-state index in [2.05, 4.69) is 6.58 Å². The van der Waals surface area contributed by atoms with E-state index in [9.17, 15) is 13.2 Å². The molecule has 0 aliphatic carbocycles. The summed E-state index contributed by atoms with van der Waals surface area (Å²) in [7, 11) is 0. The molecule has 2 N–H and O–H groups in total. The van der Waals surface area contributed by atoms with E-state index in [1.807, 2.05) is 0 Å². The summed E-state index contributed by atoms with van der Waals surface area (Å²) in [6.07, 6.45) is -2.54. The van der Waals surface area contributed by atoms with Gasteiger partial charge in [-0.05, 0) is 18.1 Å². The lowest BCUT2D eigenvalue weighted by Gasteiger charge is -2.16. The maximum absolute atomic E-state index is 12.5. The fraction of sp³-hybridized carbons (Fsp3) is 0.273. The van der Waals surface area contributed by atoms with Gasteiger partial charge >= 0.3 is 6.18 Å². The first-order valence-electron chi connectivity index (χ1n) is 4.60. The van der Waals surface area contributed by atoms with Crippen molar-refractivity contribution in [2.24, 2.45) is 5.73 Å². The minimum Gasteiger partial charge on any atom is -0.324 e. The van der Waals surface area contributed by atoms with Crippen LogP contribution in [0.3, 0.4) is 0 Å². The van der Waals surface area contributed by atoms with Crippen molar-refractivity contribution in [1.29, 1.82) is 0 Å². The standard InChI is InChI=1S/C11H11ClF3N/c1-2-4-9(16)7-5-3-6-8(10(7)12)11(13,14)15/h2-3,5-6,9H,1,4,16H2/t9-/m0/s1. The molecule has 0 spiro atoms. The minimum absolute atomic E-state index is 0.288. The highest BCUT2D eigenvalue weighted by Gasteiger charge is 2.34. The molecule has 88 valence electrons. The molecule has 0 bridgehead atoms. The van der Waals surface area contributed by atoms with Crippen LogP contribution in [0.5, 0.6) is 0 Å². The van der Waals surface area contributed by atoms with E-state index in [-0.39, 0.29) is 10.6 Å². The molecule has 5 heteroatoms. The maximum atomic E-state index is 12.5. The fourth-order valence-corrected chi connectivity index (χ4v) is 1.73. The van der Waals surface area contributed by atoms with E-state index in [0.717, 1.165) is 6.07 Å². The molecular formula is C11H11ClF3N. The van der Waals surface area contributed by atoms with Gasteiger partial charge in [-0.3, -0.25) is 0 Å². The van der Waals surface area contributed by atoms with Gasteiger partial charge in [0.2, 0.25) is 0 Å². The first kappa shape index (κ1) is 13.1. The molecule has 1 aromatic carbocycles. The van der Waals surface area contributed by atoms with Crippen molar-refractivity contribution in [2.75, 3.05) is 0 Å². The Bertz CT molecular complexity index is 387. The average molecular weight is 250 g/mol. The Hall–Kier alpha value is -1.00. The first-order chi connectivity index (χ1) is 7.38. The van der Waals surface area contributed by atoms with Gasteiger partial charge in [-0.15, -0.1) is 6.58 Å². The summed E-state index contributed by atoms with van der Waals surface area (Å²) in [6, 6.07) is 3.16. The number of hydrogen-bond acceptors (Lipinski definition) is 1. The van der Waals surface area contributed by atoms with E-state index < -0.39 is 17.8 Å². The van der Waals surface area contributed by atoms with Crippen molar-refractivity contribution < 1.29 is 13.2 Å². The zero-order chi connectivity index (χ0) is 12.3. The Balaban J connectivity index is 3.18. The highest BCUT2D eigenvalue weighted by molar-refractivity contribution is 6.32. The largest absolute Gasteiger partial charge is 0.417 e. The normalized spacial score (nSPS) is 13.6. The summed E-state index contributed by atoms with van der Waals surface area (Å²) < 4.78 is 37.6. The number of rotatable bonds is 3. The van der Waals surface area contributed by atoms with Gasteiger partial charge in [-0.25, -0.2) is 0 Å². The van der Waals surface area contributed by atoms with Crippen LogP contribution in [0, 0.1) is 0 Å². The van der Waals surface area contributed by atoms with Gasteiger partial charge in [0.1, 0.15) is 0 Å². The summed E-state index contributed by atoms with van der Waals surface area (Å²) in [5.74, 6) is 0. The topological polar surface area (TPSA) is 26.0 Å². The molecule has 0 aromatic heterocycles. The highest BCUT2D eigenvalue weighted by Crippen LogP contribution is 2.37. The van der Waals surface area contributed by atoms with E-state index in [1.165, 1.54) is 12.1 Å². The van der Waals surface area contributed by atoms with Crippen LogP contribution in [0.1, 0.15) is 23.6 Å². The summed E-state index contributed by atoms with van der Waals surface area (Å²) >= 11 is 5.69. The number of alkyl halides is 3. The summed E-state index contributed by atoms with van der Waals surface area (Å²) in [5, 5.41) is -0.329. The Morgan fingerprint density at radius 3 is 2.56 bits per heavy atom. The Morgan fingerprint density at radius 2 is 2.06 bits per heavy atom. The van der Waals surface area contributed by atoms with Gasteiger partial charge in [0.15, 0.2) is 0 Å². The lowest BCUT2D eigenvalue weighted by molar-refractivity contribution is -0.137. The van der Waals surface area contributed by atoms with Crippen LogP contribution >= 0.6 is 11.6 Å². The molecule has 0 heterocycles. The minimum atomic E-state index is -4.46. The molecule has 1 aromatic rings. The van der Waals surface area contributed by atoms with Gasteiger partial charge in [0.05, 0.1) is 10.6 Å². The lowest BCUT2D eigenvalue weighted by Crippen LogP contribution is -2.13. The third kappa shape index (κ3) is 2.77. The summed E-state index contributed by atoms with van der Waals surface area (Å²) in [4.78, 5) is 0. The quantitative estimate of drug-likeness (QED) is 0.807. The van der Waals surface area contributed by atoms with Crippen LogP contribution < -0.4 is 5.73 Å². The predicted octanol–water partition coefficient (Wildman–Crippen LogP) is 3.93. The first-order valence-corrected chi connectivity index (χ1v) is 4.97. The molecule has 0 fully saturated rings. The lowest BCUT2D eigenvalue weighted by atomic mass is 10.0. The third-order valence-corrected chi connectivity index (χ3v) is 2.58. The Kier molecular flexibility index (Phi) is 3.99. The van der Waals surface area contributed by atoms with Crippen molar-refractivity contribution in [3.05, 3.63) is 47.0 Å². The van der Waals surface area contributed by atoms with Gasteiger partial charge in [-0.1, -0.05) is 29.8 Å². The van der Waals surface area contributed by atoms with Crippen molar-refractivity contribution in [1.82, 2.24) is 0 Å². The molecule has 0 radical (unpaired) electrons. The molecule has 0 amide bonds. The van der Waals surface area contributed by atoms with Crippen LogP contribution in [0.15, 0.2) is 30.9 Å². The molecule has 0 aliphatic rings. The molecule has 1 atom stereocenters. The fourth-order valence-electron chi connectivity index (χ4n) is 1.36. The van der Waals surface area contributed by atoms with Gasteiger partial charge in [0.25, 0.3) is 0 Å². The number of benzene rings is 1. The Labute approximate surface area is 96.7 Å². The zero-order valence-electron chi connectivity index (χ0n) is 8.39. The van der Waals surface area contributed by atoms with E-state index in [1.54, 1.807) is 6.08 Å². The van der Waals surface area contributed by atoms with Gasteiger partial charge in [0, 0.05) is 6.04 Å². The molecule has 0 saturated carbocycles. The molecule has 1 rings (SSSR count). The van der Waals surface area contributed by atoms with Crippen molar-refractivity contribution in [3.63, 3.8) is 0 Å².